The molecule has 6 heterocycles. The minimum absolute atomic E-state index is 0.189. The number of imidazole rings is 2. The van der Waals surface area contributed by atoms with E-state index < -0.39 is 95.9 Å². The van der Waals surface area contributed by atoms with Gasteiger partial charge in [-0.25, -0.2) is 29.9 Å². The molecule has 26 nitrogen and oxygen atoms in total. The molecule has 0 spiro atoms. The van der Waals surface area contributed by atoms with Crippen LogP contribution >= 0.6 is 40.3 Å². The van der Waals surface area contributed by atoms with Gasteiger partial charge in [0.15, 0.2) is 55.4 Å². The molecule has 2 aliphatic rings. The van der Waals surface area contributed by atoms with Crippen molar-refractivity contribution in [1.29, 1.82) is 0 Å². The Bertz CT molecular complexity index is 2130. The molecule has 0 aliphatic carbocycles. The summed E-state index contributed by atoms with van der Waals surface area (Å²) in [5.41, 5.74) is 0.959. The first-order chi connectivity index (χ1) is 26.2. The molecule has 13 atom stereocenters. The average molecular weight is 925 g/mol. The molecule has 4 aromatic rings. The number of fused-ring (bicyclic) bond motifs is 2. The molecule has 0 aromatic carbocycles. The lowest BCUT2D eigenvalue weighted by molar-refractivity contribution is -0.221. The van der Waals surface area contributed by atoms with Crippen LogP contribution in [0.5, 0.6) is 0 Å². The van der Waals surface area contributed by atoms with Crippen LogP contribution < -0.4 is 25.3 Å². The van der Waals surface area contributed by atoms with Crippen LogP contribution in [0, 0.1) is 0 Å². The number of aromatic nitrogens is 8. The summed E-state index contributed by atoms with van der Waals surface area (Å²) < 4.78 is 70.5. The Morgan fingerprint density at radius 3 is 1.66 bits per heavy atom. The normalized spacial score (nSPS) is 30.4. The number of nitrogens with zero attached hydrogens (tertiary/aromatic N) is 8. The van der Waals surface area contributed by atoms with Crippen LogP contribution in [-0.2, 0) is 64.9 Å². The molecule has 0 saturated carbocycles. The highest BCUT2D eigenvalue weighted by atomic mass is 35.5. The second-order valence-corrected chi connectivity index (χ2v) is 22.7. The Morgan fingerprint density at radius 2 is 1.21 bits per heavy atom. The van der Waals surface area contributed by atoms with Gasteiger partial charge in [0.25, 0.3) is 0 Å². The van der Waals surface area contributed by atoms with E-state index in [0.29, 0.717) is 22.7 Å². The second-order valence-electron chi connectivity index (χ2n) is 11.7. The predicted molar refractivity (Wildman–Crippen MR) is 190 cm³/mol. The lowest BCUT2D eigenvalue weighted by atomic mass is 10.1. The Hall–Kier alpha value is -1.84. The summed E-state index contributed by atoms with van der Waals surface area (Å²) in [5.74, 6) is 0.686. The SMILES string of the molecule is CNc1ncnc2c1ncn2[C@@H]1O[C@H](COP(=O)([S-])OP(=O)([O-])C(Cl)P(=O)([O-])OP([O-])(=S)OC[C@H]2O[C@@H](n3cnc4c(NC)ncnc43)[C@H](O)[C@@H]2O)[C@@H](O)[C@H]1O. The summed E-state index contributed by atoms with van der Waals surface area (Å²) in [6.45, 7) is -12.4. The highest BCUT2D eigenvalue weighted by Crippen LogP contribution is 2.72. The minimum Gasteiger partial charge on any atom is -0.779 e. The molecule has 5 unspecified atom stereocenters. The van der Waals surface area contributed by atoms with Crippen molar-refractivity contribution in [2.24, 2.45) is 0 Å². The first kappa shape index (κ1) is 43.7. The molecule has 2 saturated heterocycles. The third-order valence-electron chi connectivity index (χ3n) is 8.16. The fraction of sp³-hybridized carbons (Fsp3) is 0.565. The number of nitrogens with one attached hydrogen (secondary N) is 2. The van der Waals surface area contributed by atoms with Gasteiger partial charge in [-0.2, -0.15) is 0 Å². The Kier molecular flexibility index (Phi) is 13.0. The van der Waals surface area contributed by atoms with Gasteiger partial charge in [-0.3, -0.25) is 22.3 Å². The quantitative estimate of drug-likeness (QED) is 0.0399. The van der Waals surface area contributed by atoms with E-state index in [1.54, 1.807) is 14.1 Å². The van der Waals surface area contributed by atoms with Crippen molar-refractivity contribution in [2.45, 2.75) is 53.9 Å². The topological polar surface area (TPSA) is 368 Å². The second kappa shape index (κ2) is 16.7. The van der Waals surface area contributed by atoms with E-state index in [1.807, 2.05) is 0 Å². The third kappa shape index (κ3) is 8.86. The van der Waals surface area contributed by atoms with Gasteiger partial charge in [-0.05, 0) is 0 Å². The molecule has 310 valence electrons. The van der Waals surface area contributed by atoms with E-state index in [9.17, 15) is 48.8 Å². The van der Waals surface area contributed by atoms with Crippen LogP contribution in [0.2, 0.25) is 0 Å². The van der Waals surface area contributed by atoms with Crippen LogP contribution in [0.25, 0.3) is 22.3 Å². The summed E-state index contributed by atoms with van der Waals surface area (Å²) in [4.78, 5) is 59.7. The number of ether oxygens (including phenoxy) is 2. The fourth-order valence-electron chi connectivity index (χ4n) is 5.54. The number of anilines is 2. The van der Waals surface area contributed by atoms with E-state index in [2.05, 4.69) is 73.2 Å². The van der Waals surface area contributed by atoms with Crippen LogP contribution in [0.4, 0.5) is 11.6 Å². The number of aliphatic hydroxyl groups is 4. The number of rotatable bonds is 16. The lowest BCUT2D eigenvalue weighted by Crippen LogP contribution is -2.34. The van der Waals surface area contributed by atoms with E-state index in [1.165, 1.54) is 34.4 Å². The standard InChI is InChI=1S/C23H33ClN10O16P4S2/c1-25-17-11-19(29-5-27-17)33(7-31-11)21-15(37)13(35)9(47-21)3-45-53(43,55)49-51(39,40)23(24)52(41,42)50-54(44,56)46-4-10-14(36)16(38)22(48-10)34-8-32-12-18(26-2)28-6-30-20(12)34/h5-10,13-16,21-23,35-38H,3-4H2,1-2H3,(H,39,40)(H,41,42)(H,43,55)(H,44,56)(H,25,27,29)(H,26,28,30)/p-4/t9-,10-,13-,14-,15-,16-,21-,22-,23?,53?,54?/m1/s1. The Balaban J connectivity index is 1.04. The zero-order valence-electron chi connectivity index (χ0n) is 28.2. The summed E-state index contributed by atoms with van der Waals surface area (Å²) in [6, 6.07) is 0. The van der Waals surface area contributed by atoms with Gasteiger partial charge in [-0.15, -0.1) is 11.6 Å². The van der Waals surface area contributed by atoms with Crippen LogP contribution in [-0.4, -0.2) is 128 Å². The molecule has 0 amide bonds. The monoisotopic (exact) mass is 924 g/mol. The Labute approximate surface area is 329 Å². The van der Waals surface area contributed by atoms with E-state index in [4.69, 9.17) is 30.1 Å². The van der Waals surface area contributed by atoms with Gasteiger partial charge in [0, 0.05) is 14.1 Å². The van der Waals surface area contributed by atoms with E-state index in [0.717, 1.165) is 0 Å². The summed E-state index contributed by atoms with van der Waals surface area (Å²) in [6.07, 6.45) is -7.56. The van der Waals surface area contributed by atoms with Gasteiger partial charge >= 0.3 is 0 Å². The highest BCUT2D eigenvalue weighted by molar-refractivity contribution is 8.33. The molecule has 56 heavy (non-hydrogen) atoms. The molecule has 33 heteroatoms. The lowest BCUT2D eigenvalue weighted by Gasteiger charge is -2.42. The highest BCUT2D eigenvalue weighted by Gasteiger charge is 2.47. The van der Waals surface area contributed by atoms with Gasteiger partial charge in [0.2, 0.25) is 6.80 Å². The maximum atomic E-state index is 12.9. The minimum atomic E-state index is -6.12. The van der Waals surface area contributed by atoms with Crippen LogP contribution in [0.1, 0.15) is 12.5 Å². The first-order valence-electron chi connectivity index (χ1n) is 15.5. The van der Waals surface area contributed by atoms with Gasteiger partial charge < -0.3 is 85.6 Å². The van der Waals surface area contributed by atoms with E-state index in [-0.39, 0.29) is 11.3 Å². The molecule has 0 radical (unpaired) electrons. The summed E-state index contributed by atoms with van der Waals surface area (Å²) >= 11 is 14.8. The van der Waals surface area contributed by atoms with Crippen molar-refractivity contribution in [3.63, 3.8) is 0 Å². The van der Waals surface area contributed by atoms with Gasteiger partial charge in [0.05, 0.1) is 25.9 Å². The number of hydrogen-bond acceptors (Lipinski definition) is 26. The maximum Gasteiger partial charge on any atom is 0.204 e. The third-order valence-corrected chi connectivity index (χ3v) is 18.5. The molecule has 2 fully saturated rings. The summed E-state index contributed by atoms with van der Waals surface area (Å²) in [7, 11) is -9.06. The van der Waals surface area contributed by atoms with Crippen LogP contribution in [0.3, 0.4) is 0 Å². The van der Waals surface area contributed by atoms with Crippen LogP contribution in [0.15, 0.2) is 25.3 Å². The molecule has 6 rings (SSSR count). The summed E-state index contributed by atoms with van der Waals surface area (Å²) in [5, 5.41) is 48.0. The molecule has 2 aliphatic heterocycles. The fourth-order valence-corrected chi connectivity index (χ4v) is 14.3. The smallest absolute Gasteiger partial charge is 0.204 e. The average Bonchev–Trinajstić information content (AvgIpc) is 3.89. The maximum absolute atomic E-state index is 12.9. The molecule has 6 N–H and O–H groups in total. The molecule has 4 aromatic heterocycles. The number of hydrogen-bond donors (Lipinski definition) is 6. The number of aliphatic hydroxyl groups excluding tert-OH is 4. The van der Waals surface area contributed by atoms with Crippen molar-refractivity contribution in [1.82, 2.24) is 39.0 Å². The Morgan fingerprint density at radius 1 is 0.786 bits per heavy atom. The molecule has 0 bridgehead atoms. The first-order valence-corrected chi connectivity index (χ1v) is 24.3. The molecular formula is C23H29ClN10O16P4S2-4. The van der Waals surface area contributed by atoms with Gasteiger partial charge in [-0.1, -0.05) is 11.8 Å². The van der Waals surface area contributed by atoms with E-state index >= 15 is 0 Å². The molecular weight excluding hydrogens is 896 g/mol. The number of halogens is 1. The predicted octanol–water partition coefficient (Wildman–Crippen LogP) is -2.08. The van der Waals surface area contributed by atoms with Crippen molar-refractivity contribution in [3.05, 3.63) is 25.3 Å². The largest absolute Gasteiger partial charge is 0.779 e. The van der Waals surface area contributed by atoms with Crippen molar-refractivity contribution in [3.8, 4) is 0 Å². The zero-order chi connectivity index (χ0) is 41.0. The van der Waals surface area contributed by atoms with Crippen molar-refractivity contribution >= 4 is 98.3 Å². The van der Waals surface area contributed by atoms with Crippen molar-refractivity contribution < 1.29 is 75.9 Å². The number of alkyl halides is 1. The van der Waals surface area contributed by atoms with Gasteiger partial charge in [0.1, 0.15) is 67.0 Å². The van der Waals surface area contributed by atoms with Crippen molar-refractivity contribution in [2.75, 3.05) is 37.9 Å². The zero-order valence-corrected chi connectivity index (χ0v) is 34.1.